The van der Waals surface area contributed by atoms with Crippen LogP contribution in [0.15, 0.2) is 48.5 Å². The number of ether oxygens (including phenoxy) is 1. The molecule has 1 aliphatic heterocycles. The molecule has 0 radical (unpaired) electrons. The summed E-state index contributed by atoms with van der Waals surface area (Å²) >= 11 is 0. The summed E-state index contributed by atoms with van der Waals surface area (Å²) in [4.78, 5) is 14.3. The summed E-state index contributed by atoms with van der Waals surface area (Å²) in [6.45, 7) is 4.57. The fourth-order valence-electron chi connectivity index (χ4n) is 3.56. The lowest BCUT2D eigenvalue weighted by molar-refractivity contribution is -0.129. The van der Waals surface area contributed by atoms with E-state index >= 15 is 0 Å². The summed E-state index contributed by atoms with van der Waals surface area (Å²) in [6, 6.07) is 16.9. The third kappa shape index (κ3) is 4.85. The number of nitrogens with zero attached hydrogens (tertiary/aromatic N) is 1. The number of likely N-dealkylation sites (tertiary alicyclic amines) is 1. The molecule has 26 heavy (non-hydrogen) atoms. The lowest BCUT2D eigenvalue weighted by Crippen LogP contribution is -2.34. The van der Waals surface area contributed by atoms with Crippen molar-refractivity contribution in [3.8, 4) is 5.75 Å². The third-order valence-electron chi connectivity index (χ3n) is 5.03. The first kappa shape index (κ1) is 18.5. The number of hydrogen-bond donors (Lipinski definition) is 1. The highest BCUT2D eigenvalue weighted by Crippen LogP contribution is 2.24. The Morgan fingerprint density at radius 3 is 2.69 bits per heavy atom. The van der Waals surface area contributed by atoms with Crippen LogP contribution < -0.4 is 10.1 Å². The van der Waals surface area contributed by atoms with E-state index in [-0.39, 0.29) is 5.91 Å². The first-order valence-corrected chi connectivity index (χ1v) is 9.34. The summed E-state index contributed by atoms with van der Waals surface area (Å²) in [7, 11) is 1.68. The van der Waals surface area contributed by atoms with E-state index in [4.69, 9.17) is 4.74 Å². The second-order valence-electron chi connectivity index (χ2n) is 7.02. The standard InChI is InChI=1S/C22H28N2O2/c1-17-4-3-5-19(14-17)16-24-20(8-11-22(24)25)12-13-23-15-18-6-9-21(26-2)10-7-18/h3-7,9-10,14,20,23H,8,11-13,15-16H2,1-2H3. The van der Waals surface area contributed by atoms with Gasteiger partial charge in [-0.3, -0.25) is 4.79 Å². The van der Waals surface area contributed by atoms with Crippen LogP contribution >= 0.6 is 0 Å². The van der Waals surface area contributed by atoms with Crippen LogP contribution in [0.25, 0.3) is 0 Å². The molecule has 2 aromatic carbocycles. The molecule has 1 heterocycles. The topological polar surface area (TPSA) is 41.6 Å². The number of rotatable bonds is 8. The zero-order valence-electron chi connectivity index (χ0n) is 15.7. The molecule has 1 aliphatic rings. The van der Waals surface area contributed by atoms with Gasteiger partial charge in [-0.15, -0.1) is 0 Å². The predicted octanol–water partition coefficient (Wildman–Crippen LogP) is 3.67. The maximum absolute atomic E-state index is 12.3. The molecule has 0 spiro atoms. The van der Waals surface area contributed by atoms with Gasteiger partial charge in [0.1, 0.15) is 5.75 Å². The molecule has 3 rings (SSSR count). The van der Waals surface area contributed by atoms with Crippen molar-refractivity contribution in [3.05, 3.63) is 65.2 Å². The van der Waals surface area contributed by atoms with Crippen molar-refractivity contribution in [2.24, 2.45) is 0 Å². The monoisotopic (exact) mass is 352 g/mol. The fraction of sp³-hybridized carbons (Fsp3) is 0.409. The first-order chi connectivity index (χ1) is 12.7. The summed E-state index contributed by atoms with van der Waals surface area (Å²) < 4.78 is 5.18. The molecular formula is C22H28N2O2. The number of hydrogen-bond acceptors (Lipinski definition) is 3. The van der Waals surface area contributed by atoms with Gasteiger partial charge in [0, 0.05) is 25.6 Å². The predicted molar refractivity (Wildman–Crippen MR) is 104 cm³/mol. The summed E-state index contributed by atoms with van der Waals surface area (Å²) in [6.07, 6.45) is 2.64. The molecule has 1 atom stereocenters. The molecule has 1 saturated heterocycles. The Balaban J connectivity index is 1.47. The van der Waals surface area contributed by atoms with Gasteiger partial charge < -0.3 is 15.0 Å². The third-order valence-corrected chi connectivity index (χ3v) is 5.03. The number of methoxy groups -OCH3 is 1. The van der Waals surface area contributed by atoms with Gasteiger partial charge in [0.15, 0.2) is 0 Å². The van der Waals surface area contributed by atoms with Gasteiger partial charge in [-0.05, 0) is 49.6 Å². The van der Waals surface area contributed by atoms with E-state index in [0.29, 0.717) is 12.5 Å². The molecule has 0 bridgehead atoms. The van der Waals surface area contributed by atoms with Crippen LogP contribution in [0.5, 0.6) is 5.75 Å². The Morgan fingerprint density at radius 1 is 1.15 bits per heavy atom. The van der Waals surface area contributed by atoms with Crippen molar-refractivity contribution in [2.75, 3.05) is 13.7 Å². The van der Waals surface area contributed by atoms with Crippen LogP contribution in [0.1, 0.15) is 36.0 Å². The van der Waals surface area contributed by atoms with Crippen molar-refractivity contribution in [1.29, 1.82) is 0 Å². The molecular weight excluding hydrogens is 324 g/mol. The van der Waals surface area contributed by atoms with Crippen molar-refractivity contribution in [3.63, 3.8) is 0 Å². The lowest BCUT2D eigenvalue weighted by atomic mass is 10.1. The number of aryl methyl sites for hydroxylation is 1. The normalized spacial score (nSPS) is 16.9. The second-order valence-corrected chi connectivity index (χ2v) is 7.02. The Hall–Kier alpha value is -2.33. The van der Waals surface area contributed by atoms with E-state index < -0.39 is 0 Å². The molecule has 1 N–H and O–H groups in total. The second kappa shape index (κ2) is 8.86. The minimum absolute atomic E-state index is 0.284. The Labute approximate surface area is 156 Å². The minimum atomic E-state index is 0.284. The van der Waals surface area contributed by atoms with Crippen molar-refractivity contribution in [1.82, 2.24) is 10.2 Å². The van der Waals surface area contributed by atoms with Crippen LogP contribution in [0.2, 0.25) is 0 Å². The van der Waals surface area contributed by atoms with Crippen LogP contribution in [-0.2, 0) is 17.9 Å². The highest BCUT2D eigenvalue weighted by molar-refractivity contribution is 5.78. The molecule has 1 fully saturated rings. The van der Waals surface area contributed by atoms with E-state index in [0.717, 1.165) is 38.2 Å². The van der Waals surface area contributed by atoms with Gasteiger partial charge in [-0.1, -0.05) is 42.0 Å². The van der Waals surface area contributed by atoms with E-state index in [2.05, 4.69) is 53.5 Å². The molecule has 1 unspecified atom stereocenters. The quantitative estimate of drug-likeness (QED) is 0.737. The molecule has 1 amide bonds. The number of carbonyl (C=O) groups excluding carboxylic acids is 1. The highest BCUT2D eigenvalue weighted by Gasteiger charge is 2.30. The van der Waals surface area contributed by atoms with Crippen LogP contribution in [0.3, 0.4) is 0 Å². The van der Waals surface area contributed by atoms with E-state index in [1.54, 1.807) is 7.11 Å². The summed E-state index contributed by atoms with van der Waals surface area (Å²) in [5, 5.41) is 3.50. The zero-order chi connectivity index (χ0) is 18.4. The number of carbonyl (C=O) groups is 1. The van der Waals surface area contributed by atoms with Gasteiger partial charge in [-0.2, -0.15) is 0 Å². The number of amides is 1. The van der Waals surface area contributed by atoms with Crippen molar-refractivity contribution in [2.45, 2.75) is 45.3 Å². The molecule has 4 nitrogen and oxygen atoms in total. The van der Waals surface area contributed by atoms with Crippen molar-refractivity contribution < 1.29 is 9.53 Å². The van der Waals surface area contributed by atoms with Gasteiger partial charge in [0.05, 0.1) is 7.11 Å². The van der Waals surface area contributed by atoms with Gasteiger partial charge in [-0.25, -0.2) is 0 Å². The molecule has 2 aromatic rings. The van der Waals surface area contributed by atoms with Crippen LogP contribution in [0, 0.1) is 6.92 Å². The van der Waals surface area contributed by atoms with Crippen LogP contribution in [-0.4, -0.2) is 30.5 Å². The molecule has 0 aliphatic carbocycles. The maximum Gasteiger partial charge on any atom is 0.223 e. The Kier molecular flexibility index (Phi) is 6.29. The average molecular weight is 352 g/mol. The zero-order valence-corrected chi connectivity index (χ0v) is 15.7. The number of benzene rings is 2. The first-order valence-electron chi connectivity index (χ1n) is 9.34. The van der Waals surface area contributed by atoms with Crippen LogP contribution in [0.4, 0.5) is 0 Å². The maximum atomic E-state index is 12.3. The largest absolute Gasteiger partial charge is 0.497 e. The van der Waals surface area contributed by atoms with Gasteiger partial charge in [0.25, 0.3) is 0 Å². The fourth-order valence-corrected chi connectivity index (χ4v) is 3.56. The van der Waals surface area contributed by atoms with Gasteiger partial charge >= 0.3 is 0 Å². The summed E-state index contributed by atoms with van der Waals surface area (Å²) in [5.74, 6) is 1.16. The van der Waals surface area contributed by atoms with Crippen molar-refractivity contribution >= 4 is 5.91 Å². The molecule has 138 valence electrons. The number of nitrogens with one attached hydrogen (secondary N) is 1. The molecule has 4 heteroatoms. The lowest BCUT2D eigenvalue weighted by Gasteiger charge is -2.25. The van der Waals surface area contributed by atoms with E-state index in [9.17, 15) is 4.79 Å². The minimum Gasteiger partial charge on any atom is -0.497 e. The van der Waals surface area contributed by atoms with Gasteiger partial charge in [0.2, 0.25) is 5.91 Å². The smallest absolute Gasteiger partial charge is 0.223 e. The highest BCUT2D eigenvalue weighted by atomic mass is 16.5. The molecule has 0 aromatic heterocycles. The Morgan fingerprint density at radius 2 is 1.96 bits per heavy atom. The average Bonchev–Trinajstić information content (AvgIpc) is 2.99. The van der Waals surface area contributed by atoms with E-state index in [1.165, 1.54) is 16.7 Å². The molecule has 0 saturated carbocycles. The Bertz CT molecular complexity index is 727. The SMILES string of the molecule is COc1ccc(CNCCC2CCC(=O)N2Cc2cccc(C)c2)cc1. The van der Waals surface area contributed by atoms with E-state index in [1.807, 2.05) is 12.1 Å². The summed E-state index contributed by atoms with van der Waals surface area (Å²) in [5.41, 5.74) is 3.70.